The molecule has 1 amide bonds. The van der Waals surface area contributed by atoms with Gasteiger partial charge in [0.1, 0.15) is 0 Å². The summed E-state index contributed by atoms with van der Waals surface area (Å²) >= 11 is 10.4. The second kappa shape index (κ2) is 44.6. The number of carbonyl (C=O) groups excluding carboxylic acids is 2. The molecule has 1 aliphatic heterocycles. The van der Waals surface area contributed by atoms with Crippen molar-refractivity contribution in [1.82, 2.24) is 0 Å². The predicted octanol–water partition coefficient (Wildman–Crippen LogP) is 24.9. The van der Waals surface area contributed by atoms with Crippen LogP contribution in [0.3, 0.4) is 0 Å². The van der Waals surface area contributed by atoms with Crippen molar-refractivity contribution in [3.05, 3.63) is 90.0 Å². The minimum absolute atomic E-state index is 0.0936. The monoisotopic (exact) mass is 1280 g/mol. The van der Waals surface area contributed by atoms with E-state index in [2.05, 4.69) is 122 Å². The summed E-state index contributed by atoms with van der Waals surface area (Å²) in [7, 11) is 2.20. The first-order chi connectivity index (χ1) is 41.2. The van der Waals surface area contributed by atoms with Crippen LogP contribution in [0.1, 0.15) is 301 Å². The van der Waals surface area contributed by atoms with Crippen molar-refractivity contribution in [2.75, 3.05) is 23.8 Å². The topological polar surface area (TPSA) is 49.4 Å². The standard InChI is InChI=1S/C51H65BrN2O2S4.C24H50/c1-4-6-8-10-12-14-15-17-19-21-24-37(23-20-18-16-13-11-9-7-5-2)35-54(3)42-34-39-41(53-51(56)50(39)48-30-31-49(52)60-48)33-38(42)40(36-55)43-26-27-46(58-43)47-29-28-45(59-47)44-25-22-32-57-44;1-4-6-8-10-12-14-15-17-19-21-23-24(3)22-20-18-16-13-11-9-7-5-2/h22,25-34,36-37H,4-21,23-24,35H2,1-3H3,(H,53,56);24H,4-23H2,1-3H3/b40-38+;. The predicted molar refractivity (Wildman–Crippen MR) is 382 cm³/mol. The van der Waals surface area contributed by atoms with Crippen molar-refractivity contribution in [2.45, 2.75) is 291 Å². The number of fused-ring (bicyclic) bond motifs is 1. The van der Waals surface area contributed by atoms with E-state index < -0.39 is 0 Å². The number of aldehydes is 1. The van der Waals surface area contributed by atoms with Gasteiger partial charge in [-0.2, -0.15) is 0 Å². The largest absolute Gasteiger partial charge is 0.374 e. The minimum atomic E-state index is -0.0936. The molecular formula is C75H115BrN2O2S4. The first kappa shape index (κ1) is 71.9. The van der Waals surface area contributed by atoms with E-state index in [0.717, 1.165) is 59.0 Å². The maximum absolute atomic E-state index is 13.6. The quantitative estimate of drug-likeness (QED) is 0.0312. The summed E-state index contributed by atoms with van der Waals surface area (Å²) in [5.74, 6) is 1.44. The Balaban J connectivity index is 0.000000453. The molecule has 4 nitrogen and oxygen atoms in total. The van der Waals surface area contributed by atoms with Gasteiger partial charge >= 0.3 is 0 Å². The first-order valence-corrected chi connectivity index (χ1v) is 38.7. The second-order valence-electron chi connectivity index (χ2n) is 25.0. The highest BCUT2D eigenvalue weighted by atomic mass is 79.9. The number of hydrogen-bond donors (Lipinski definition) is 1. The van der Waals surface area contributed by atoms with Gasteiger partial charge < -0.3 is 10.2 Å². The fourth-order valence-electron chi connectivity index (χ4n) is 12.4. The molecule has 9 heteroatoms. The lowest BCUT2D eigenvalue weighted by Gasteiger charge is -2.27. The highest BCUT2D eigenvalue weighted by Gasteiger charge is 2.26. The number of nitrogens with one attached hydrogen (secondary N) is 1. The summed E-state index contributed by atoms with van der Waals surface area (Å²) in [5.41, 5.74) is 3.15. The van der Waals surface area contributed by atoms with Crippen LogP contribution in [0.4, 0.5) is 11.4 Å². The van der Waals surface area contributed by atoms with Gasteiger partial charge in [0.05, 0.1) is 9.36 Å². The zero-order chi connectivity index (χ0) is 59.8. The number of thiophene rings is 4. The molecule has 2 unspecified atom stereocenters. The van der Waals surface area contributed by atoms with Crippen LogP contribution in [0.15, 0.2) is 69.8 Å². The molecule has 1 aromatic carbocycles. The average Bonchev–Trinajstić information content (AvgIpc) is 2.39. The summed E-state index contributed by atoms with van der Waals surface area (Å²) < 4.78 is 0.995. The minimum Gasteiger partial charge on any atom is -0.374 e. The number of nitrogens with zero attached hydrogens (tertiary/aromatic N) is 1. The highest BCUT2D eigenvalue weighted by molar-refractivity contribution is 9.11. The smallest absolute Gasteiger partial charge is 0.257 e. The molecule has 0 saturated heterocycles. The van der Waals surface area contributed by atoms with Gasteiger partial charge in [0, 0.05) is 70.2 Å². The molecule has 0 aliphatic carbocycles. The third-order valence-corrected chi connectivity index (χ3v) is 22.7. The molecule has 2 atom stereocenters. The Morgan fingerprint density at radius 3 is 1.38 bits per heavy atom. The SMILES string of the molecule is CCCCCCCCCCCCC(C)CCCCCCCCCC.CCCCCCCCCCCCC(CCCCCCCCCC)CN(C)c1cc2c(c/c1=C(/C=O)c1ccc(-c3ccc(-c4cccs4)s3)s1)NC(=O)C=2c1ccc(Br)s1. The molecule has 5 aromatic rings. The molecule has 0 spiro atoms. The molecule has 4 aromatic heterocycles. The van der Waals surface area contributed by atoms with Gasteiger partial charge in [-0.05, 0) is 101 Å². The second-order valence-corrected chi connectivity index (χ2v) is 30.6. The van der Waals surface area contributed by atoms with Gasteiger partial charge in [0.15, 0.2) is 6.29 Å². The number of halogens is 1. The van der Waals surface area contributed by atoms with Gasteiger partial charge in [0.2, 0.25) is 0 Å². The molecule has 5 heterocycles. The van der Waals surface area contributed by atoms with Crippen molar-refractivity contribution >= 4 is 96.0 Å². The zero-order valence-corrected chi connectivity index (χ0v) is 58.7. The normalized spacial score (nSPS) is 13.2. The molecule has 84 heavy (non-hydrogen) atoms. The summed E-state index contributed by atoms with van der Waals surface area (Å²) in [6.07, 6.45) is 56.9. The van der Waals surface area contributed by atoms with E-state index in [4.69, 9.17) is 0 Å². The van der Waals surface area contributed by atoms with Crippen LogP contribution in [0, 0.1) is 11.8 Å². The van der Waals surface area contributed by atoms with E-state index in [9.17, 15) is 9.59 Å². The maximum atomic E-state index is 13.6. The van der Waals surface area contributed by atoms with Crippen LogP contribution in [-0.2, 0) is 9.59 Å². The number of unbranched alkanes of at least 4 members (excludes halogenated alkanes) is 32. The number of carbonyl (C=O) groups is 2. The lowest BCUT2D eigenvalue weighted by Crippen LogP contribution is -2.32. The average molecular weight is 1280 g/mol. The molecule has 6 rings (SSSR count). The summed E-state index contributed by atoms with van der Waals surface area (Å²) in [6, 6.07) is 21.2. The molecule has 1 aliphatic rings. The van der Waals surface area contributed by atoms with E-state index in [0.29, 0.717) is 17.1 Å². The Hall–Kier alpha value is -2.82. The van der Waals surface area contributed by atoms with Crippen LogP contribution >= 0.6 is 61.3 Å². The lowest BCUT2D eigenvalue weighted by atomic mass is 9.93. The van der Waals surface area contributed by atoms with Crippen molar-refractivity contribution in [3.8, 4) is 19.5 Å². The van der Waals surface area contributed by atoms with Crippen LogP contribution in [0.25, 0.3) is 30.7 Å². The van der Waals surface area contributed by atoms with Crippen molar-refractivity contribution < 1.29 is 9.59 Å². The Labute approximate surface area is 538 Å². The highest BCUT2D eigenvalue weighted by Crippen LogP contribution is 2.40. The van der Waals surface area contributed by atoms with Gasteiger partial charge in [-0.25, -0.2) is 0 Å². The van der Waals surface area contributed by atoms with Crippen LogP contribution < -0.4 is 20.7 Å². The summed E-state index contributed by atoms with van der Waals surface area (Å²) in [5, 5.41) is 7.08. The van der Waals surface area contributed by atoms with E-state index in [1.807, 2.05) is 12.1 Å². The fourth-order valence-corrected chi connectivity index (χ4v) is 16.8. The Morgan fingerprint density at radius 1 is 0.512 bits per heavy atom. The van der Waals surface area contributed by atoms with Crippen LogP contribution in [-0.4, -0.2) is 25.8 Å². The summed E-state index contributed by atoms with van der Waals surface area (Å²) in [4.78, 5) is 36.1. The van der Waals surface area contributed by atoms with Crippen molar-refractivity contribution in [2.24, 2.45) is 11.8 Å². The molecule has 1 N–H and O–H groups in total. The van der Waals surface area contributed by atoms with Gasteiger partial charge in [-0.15, -0.1) is 45.3 Å². The van der Waals surface area contributed by atoms with Crippen LogP contribution in [0.2, 0.25) is 0 Å². The maximum Gasteiger partial charge on any atom is 0.257 e. The number of benzene rings is 1. The molecule has 0 saturated carbocycles. The van der Waals surface area contributed by atoms with Crippen LogP contribution in [0.5, 0.6) is 0 Å². The number of amides is 1. The third kappa shape index (κ3) is 27.3. The van der Waals surface area contributed by atoms with Gasteiger partial charge in [-0.1, -0.05) is 285 Å². The molecule has 468 valence electrons. The fraction of sp³-hybridized carbons (Fsp3) is 0.653. The Kier molecular flexibility index (Phi) is 38.2. The Bertz CT molecular complexity index is 2620. The molecule has 0 radical (unpaired) electrons. The van der Waals surface area contributed by atoms with E-state index in [-0.39, 0.29) is 5.91 Å². The Morgan fingerprint density at radius 2 is 0.940 bits per heavy atom. The third-order valence-electron chi connectivity index (χ3n) is 17.6. The lowest BCUT2D eigenvalue weighted by molar-refractivity contribution is -0.111. The summed E-state index contributed by atoms with van der Waals surface area (Å²) in [6.45, 7) is 12.6. The van der Waals surface area contributed by atoms with E-state index >= 15 is 0 Å². The van der Waals surface area contributed by atoms with Crippen molar-refractivity contribution in [1.29, 1.82) is 0 Å². The molecule has 0 fully saturated rings. The van der Waals surface area contributed by atoms with E-state index in [1.165, 1.54) is 271 Å². The molecule has 0 bridgehead atoms. The molecular weight excluding hydrogens is 1170 g/mol. The first-order valence-electron chi connectivity index (χ1n) is 34.6. The van der Waals surface area contributed by atoms with Gasteiger partial charge in [-0.3, -0.25) is 9.59 Å². The number of hydrogen-bond acceptors (Lipinski definition) is 7. The van der Waals surface area contributed by atoms with Crippen molar-refractivity contribution in [3.63, 3.8) is 0 Å². The number of anilines is 2. The zero-order valence-electron chi connectivity index (χ0n) is 53.8. The number of rotatable bonds is 48. The van der Waals surface area contributed by atoms with Gasteiger partial charge in [0.25, 0.3) is 5.91 Å². The van der Waals surface area contributed by atoms with E-state index in [1.54, 1.807) is 45.3 Å².